The standard InChI is InChI=1S/C24H36N4O3/c1-3-5-11-21(29)17-26-12-14-27(15-13-26)18-23-25-22(19-31-23)24(30)28(4-2)16-20-9-7-6-8-10-20/h6-10,19,21,29H,3-5,11-18H2,1-2H3. The highest BCUT2D eigenvalue weighted by Crippen LogP contribution is 2.13. The van der Waals surface area contributed by atoms with Gasteiger partial charge in [-0.2, -0.15) is 0 Å². The second kappa shape index (κ2) is 12.0. The van der Waals surface area contributed by atoms with Gasteiger partial charge < -0.3 is 14.4 Å². The Kier molecular flexibility index (Phi) is 9.06. The van der Waals surface area contributed by atoms with Gasteiger partial charge in [-0.05, 0) is 18.9 Å². The number of hydrogen-bond acceptors (Lipinski definition) is 6. The second-order valence-corrected chi connectivity index (χ2v) is 8.30. The number of carbonyl (C=O) groups is 1. The van der Waals surface area contributed by atoms with Gasteiger partial charge in [0.2, 0.25) is 5.89 Å². The van der Waals surface area contributed by atoms with E-state index in [2.05, 4.69) is 21.7 Å². The monoisotopic (exact) mass is 428 g/mol. The van der Waals surface area contributed by atoms with Crippen molar-refractivity contribution in [2.24, 2.45) is 0 Å². The average Bonchev–Trinajstić information content (AvgIpc) is 3.26. The van der Waals surface area contributed by atoms with Crippen LogP contribution in [0.5, 0.6) is 0 Å². The molecule has 2 aromatic rings. The minimum Gasteiger partial charge on any atom is -0.447 e. The van der Waals surface area contributed by atoms with Crippen molar-refractivity contribution in [2.75, 3.05) is 39.3 Å². The van der Waals surface area contributed by atoms with Crippen LogP contribution < -0.4 is 0 Å². The lowest BCUT2D eigenvalue weighted by atomic mass is 10.1. The lowest BCUT2D eigenvalue weighted by Gasteiger charge is -2.35. The number of unbranched alkanes of at least 4 members (excludes halogenated alkanes) is 1. The Morgan fingerprint density at radius 1 is 1.16 bits per heavy atom. The maximum absolute atomic E-state index is 12.9. The van der Waals surface area contributed by atoms with Crippen LogP contribution in [-0.4, -0.2) is 76.1 Å². The molecular formula is C24H36N4O3. The number of aliphatic hydroxyl groups is 1. The van der Waals surface area contributed by atoms with Crippen LogP contribution in [0.4, 0.5) is 0 Å². The molecule has 1 amide bonds. The van der Waals surface area contributed by atoms with Gasteiger partial charge in [-0.25, -0.2) is 4.98 Å². The van der Waals surface area contributed by atoms with Crippen molar-refractivity contribution in [1.29, 1.82) is 0 Å². The number of rotatable bonds is 11. The quantitative estimate of drug-likeness (QED) is 0.593. The number of piperazine rings is 1. The summed E-state index contributed by atoms with van der Waals surface area (Å²) in [6, 6.07) is 9.97. The molecule has 0 aliphatic carbocycles. The normalized spacial score (nSPS) is 16.4. The highest BCUT2D eigenvalue weighted by Gasteiger charge is 2.22. The summed E-state index contributed by atoms with van der Waals surface area (Å²) in [5.74, 6) is 0.475. The van der Waals surface area contributed by atoms with E-state index in [0.29, 0.717) is 31.2 Å². The molecule has 7 nitrogen and oxygen atoms in total. The van der Waals surface area contributed by atoms with Gasteiger partial charge >= 0.3 is 0 Å². The van der Waals surface area contributed by atoms with E-state index in [1.54, 1.807) is 4.90 Å². The van der Waals surface area contributed by atoms with E-state index in [4.69, 9.17) is 4.42 Å². The predicted octanol–water partition coefficient (Wildman–Crippen LogP) is 3.01. The van der Waals surface area contributed by atoms with E-state index in [1.807, 2.05) is 37.3 Å². The van der Waals surface area contributed by atoms with E-state index < -0.39 is 0 Å². The number of aromatic nitrogens is 1. The van der Waals surface area contributed by atoms with Crippen LogP contribution >= 0.6 is 0 Å². The summed E-state index contributed by atoms with van der Waals surface area (Å²) < 4.78 is 5.62. The second-order valence-electron chi connectivity index (χ2n) is 8.30. The number of amides is 1. The lowest BCUT2D eigenvalue weighted by molar-refractivity contribution is 0.0627. The lowest BCUT2D eigenvalue weighted by Crippen LogP contribution is -2.48. The van der Waals surface area contributed by atoms with Gasteiger partial charge in [0.05, 0.1) is 12.6 Å². The molecule has 0 spiro atoms. The van der Waals surface area contributed by atoms with Crippen molar-refractivity contribution in [3.63, 3.8) is 0 Å². The van der Waals surface area contributed by atoms with Gasteiger partial charge in [-0.1, -0.05) is 50.1 Å². The van der Waals surface area contributed by atoms with Crippen molar-refractivity contribution in [1.82, 2.24) is 19.7 Å². The Balaban J connectivity index is 1.47. The molecule has 1 aliphatic rings. The van der Waals surface area contributed by atoms with Gasteiger partial charge in [0.25, 0.3) is 5.91 Å². The summed E-state index contributed by atoms with van der Waals surface area (Å²) in [4.78, 5) is 23.7. The summed E-state index contributed by atoms with van der Waals surface area (Å²) in [5.41, 5.74) is 1.46. The third-order valence-corrected chi connectivity index (χ3v) is 5.84. The van der Waals surface area contributed by atoms with E-state index in [9.17, 15) is 9.90 Å². The number of hydrogen-bond donors (Lipinski definition) is 1. The van der Waals surface area contributed by atoms with E-state index >= 15 is 0 Å². The average molecular weight is 429 g/mol. The first-order chi connectivity index (χ1) is 15.1. The molecule has 2 heterocycles. The maximum atomic E-state index is 12.9. The minimum atomic E-state index is -0.232. The molecule has 1 saturated heterocycles. The summed E-state index contributed by atoms with van der Waals surface area (Å²) in [7, 11) is 0. The third kappa shape index (κ3) is 7.16. The fourth-order valence-electron chi connectivity index (χ4n) is 3.93. The molecule has 0 radical (unpaired) electrons. The molecule has 1 aromatic heterocycles. The smallest absolute Gasteiger partial charge is 0.276 e. The number of β-amino-alcohol motifs (C(OH)–C–C–N with tert-alkyl or cyclic N) is 1. The van der Waals surface area contributed by atoms with Crippen LogP contribution in [0.15, 0.2) is 41.0 Å². The molecular weight excluding hydrogens is 392 g/mol. The molecule has 1 aromatic carbocycles. The maximum Gasteiger partial charge on any atom is 0.276 e. The summed E-state index contributed by atoms with van der Waals surface area (Å²) in [5, 5.41) is 10.1. The fraction of sp³-hybridized carbons (Fsp3) is 0.583. The molecule has 0 bridgehead atoms. The molecule has 170 valence electrons. The van der Waals surface area contributed by atoms with Crippen LogP contribution in [-0.2, 0) is 13.1 Å². The molecule has 7 heteroatoms. The minimum absolute atomic E-state index is 0.104. The summed E-state index contributed by atoms with van der Waals surface area (Å²) >= 11 is 0. The first-order valence-corrected chi connectivity index (χ1v) is 11.5. The van der Waals surface area contributed by atoms with Crippen molar-refractivity contribution in [2.45, 2.75) is 52.3 Å². The SMILES string of the molecule is CCCCC(O)CN1CCN(Cc2nc(C(=O)N(CC)Cc3ccccc3)co2)CC1. The summed E-state index contributed by atoms with van der Waals surface area (Å²) in [6.45, 7) is 10.3. The van der Waals surface area contributed by atoms with Crippen LogP contribution in [0.1, 0.15) is 55.1 Å². The van der Waals surface area contributed by atoms with Gasteiger partial charge in [-0.15, -0.1) is 0 Å². The zero-order chi connectivity index (χ0) is 22.1. The van der Waals surface area contributed by atoms with E-state index in [0.717, 1.165) is 57.5 Å². The van der Waals surface area contributed by atoms with Crippen molar-refractivity contribution in [3.05, 3.63) is 53.7 Å². The highest BCUT2D eigenvalue weighted by molar-refractivity contribution is 5.91. The number of nitrogens with zero attached hydrogens (tertiary/aromatic N) is 4. The molecule has 1 atom stereocenters. The van der Waals surface area contributed by atoms with Crippen LogP contribution in [0.25, 0.3) is 0 Å². The molecule has 1 unspecified atom stereocenters. The first kappa shape index (κ1) is 23.4. The molecule has 0 saturated carbocycles. The largest absolute Gasteiger partial charge is 0.447 e. The third-order valence-electron chi connectivity index (χ3n) is 5.84. The Hall–Kier alpha value is -2.22. The van der Waals surface area contributed by atoms with Crippen molar-refractivity contribution >= 4 is 5.91 Å². The van der Waals surface area contributed by atoms with Crippen molar-refractivity contribution < 1.29 is 14.3 Å². The zero-order valence-electron chi connectivity index (χ0n) is 18.9. The van der Waals surface area contributed by atoms with Crippen LogP contribution in [0.3, 0.4) is 0 Å². The summed E-state index contributed by atoms with van der Waals surface area (Å²) in [6.07, 6.45) is 4.32. The Bertz CT molecular complexity index is 787. The first-order valence-electron chi connectivity index (χ1n) is 11.5. The van der Waals surface area contributed by atoms with E-state index in [1.165, 1.54) is 6.26 Å². The predicted molar refractivity (Wildman–Crippen MR) is 121 cm³/mol. The Morgan fingerprint density at radius 2 is 1.87 bits per heavy atom. The molecule has 1 fully saturated rings. The van der Waals surface area contributed by atoms with Crippen LogP contribution in [0.2, 0.25) is 0 Å². The van der Waals surface area contributed by atoms with Gasteiger partial charge in [0, 0.05) is 45.8 Å². The number of aliphatic hydroxyl groups excluding tert-OH is 1. The number of oxazole rings is 1. The number of benzene rings is 1. The number of carbonyl (C=O) groups excluding carboxylic acids is 1. The highest BCUT2D eigenvalue weighted by atomic mass is 16.3. The van der Waals surface area contributed by atoms with Gasteiger partial charge in [-0.3, -0.25) is 14.6 Å². The van der Waals surface area contributed by atoms with Crippen LogP contribution in [0, 0.1) is 0 Å². The molecule has 3 rings (SSSR count). The molecule has 31 heavy (non-hydrogen) atoms. The molecule has 1 N–H and O–H groups in total. The van der Waals surface area contributed by atoms with Gasteiger partial charge in [0.1, 0.15) is 6.26 Å². The van der Waals surface area contributed by atoms with Gasteiger partial charge in [0.15, 0.2) is 5.69 Å². The van der Waals surface area contributed by atoms with E-state index in [-0.39, 0.29) is 12.0 Å². The zero-order valence-corrected chi connectivity index (χ0v) is 18.9. The van der Waals surface area contributed by atoms with Crippen molar-refractivity contribution in [3.8, 4) is 0 Å². The fourth-order valence-corrected chi connectivity index (χ4v) is 3.93. The topological polar surface area (TPSA) is 73.1 Å². The molecule has 1 aliphatic heterocycles. The Labute approximate surface area is 185 Å². The Morgan fingerprint density at radius 3 is 2.55 bits per heavy atom.